The molecule has 6 heteroatoms. The Morgan fingerprint density at radius 3 is 2.94 bits per heavy atom. The molecule has 1 aliphatic heterocycles. The molecule has 0 aromatic carbocycles. The summed E-state index contributed by atoms with van der Waals surface area (Å²) in [6, 6.07) is 0.782. The lowest BCUT2D eigenvalue weighted by Crippen LogP contribution is -2.32. The first-order chi connectivity index (χ1) is 7.65. The first kappa shape index (κ1) is 11.7. The van der Waals surface area contributed by atoms with Crippen LogP contribution in [0.4, 0.5) is 6.01 Å². The number of nitrogens with one attached hydrogen (secondary N) is 1. The van der Waals surface area contributed by atoms with Crippen LogP contribution in [0.2, 0.25) is 0 Å². The number of nitrogens with zero attached hydrogens (tertiary/aromatic N) is 2. The molecule has 0 saturated carbocycles. The van der Waals surface area contributed by atoms with E-state index in [1.807, 2.05) is 0 Å². The van der Waals surface area contributed by atoms with E-state index in [0.29, 0.717) is 17.9 Å². The smallest absolute Gasteiger partial charge is 0.315 e. The van der Waals surface area contributed by atoms with Crippen LogP contribution in [-0.2, 0) is 4.74 Å². The first-order valence-corrected chi connectivity index (χ1v) is 5.94. The molecule has 1 N–H and O–H groups in total. The number of aromatic nitrogens is 2. The van der Waals surface area contributed by atoms with Gasteiger partial charge in [-0.25, -0.2) is 0 Å². The van der Waals surface area contributed by atoms with Gasteiger partial charge in [-0.15, -0.1) is 16.7 Å². The highest BCUT2D eigenvalue weighted by atomic mass is 35.5. The van der Waals surface area contributed by atoms with Crippen LogP contribution in [-0.4, -0.2) is 29.0 Å². The van der Waals surface area contributed by atoms with Crippen LogP contribution in [0.3, 0.4) is 0 Å². The maximum Gasteiger partial charge on any atom is 0.315 e. The standard InChI is InChI=1S/C10H16ClN3O2/c1-6-5-8(3-4-15-6)12-10-14-13-9(16-10)7(2)11/h6-8H,3-5H2,1-2H3,(H,12,14). The van der Waals surface area contributed by atoms with E-state index in [0.717, 1.165) is 19.4 Å². The third-order valence-electron chi connectivity index (χ3n) is 2.59. The molecule has 0 bridgehead atoms. The Morgan fingerprint density at radius 1 is 1.50 bits per heavy atom. The minimum Gasteiger partial charge on any atom is -0.406 e. The van der Waals surface area contributed by atoms with E-state index in [9.17, 15) is 0 Å². The molecule has 0 aliphatic carbocycles. The molecule has 0 radical (unpaired) electrons. The molecule has 2 rings (SSSR count). The predicted octanol–water partition coefficient (Wildman–Crippen LogP) is 2.35. The summed E-state index contributed by atoms with van der Waals surface area (Å²) >= 11 is 5.84. The predicted molar refractivity (Wildman–Crippen MR) is 60.6 cm³/mol. The van der Waals surface area contributed by atoms with E-state index < -0.39 is 0 Å². The number of halogens is 1. The highest BCUT2D eigenvalue weighted by molar-refractivity contribution is 6.20. The zero-order valence-corrected chi connectivity index (χ0v) is 10.2. The van der Waals surface area contributed by atoms with Crippen molar-refractivity contribution in [2.75, 3.05) is 11.9 Å². The first-order valence-electron chi connectivity index (χ1n) is 5.50. The second kappa shape index (κ2) is 5.01. The molecule has 1 aromatic heterocycles. The molecule has 90 valence electrons. The van der Waals surface area contributed by atoms with Gasteiger partial charge in [-0.1, -0.05) is 5.10 Å². The number of anilines is 1. The van der Waals surface area contributed by atoms with Gasteiger partial charge in [0.25, 0.3) is 0 Å². The molecule has 0 spiro atoms. The Balaban J connectivity index is 1.92. The molecule has 1 aromatic rings. The van der Waals surface area contributed by atoms with Crippen LogP contribution < -0.4 is 5.32 Å². The number of hydrogen-bond acceptors (Lipinski definition) is 5. The molecule has 3 unspecified atom stereocenters. The van der Waals surface area contributed by atoms with E-state index in [4.69, 9.17) is 20.8 Å². The minimum absolute atomic E-state index is 0.253. The molecule has 0 amide bonds. The topological polar surface area (TPSA) is 60.2 Å². The number of alkyl halides is 1. The number of ether oxygens (including phenoxy) is 1. The second-order valence-electron chi connectivity index (χ2n) is 4.11. The van der Waals surface area contributed by atoms with E-state index in [2.05, 4.69) is 22.4 Å². The highest BCUT2D eigenvalue weighted by Crippen LogP contribution is 2.22. The quantitative estimate of drug-likeness (QED) is 0.829. The average molecular weight is 246 g/mol. The molecule has 2 heterocycles. The van der Waals surface area contributed by atoms with Crippen molar-refractivity contribution >= 4 is 17.6 Å². The lowest BCUT2D eigenvalue weighted by molar-refractivity contribution is 0.0229. The van der Waals surface area contributed by atoms with Crippen molar-refractivity contribution in [2.45, 2.75) is 44.2 Å². The average Bonchev–Trinajstić information content (AvgIpc) is 2.66. The largest absolute Gasteiger partial charge is 0.406 e. The van der Waals surface area contributed by atoms with Gasteiger partial charge < -0.3 is 14.5 Å². The van der Waals surface area contributed by atoms with Crippen molar-refractivity contribution in [3.8, 4) is 0 Å². The van der Waals surface area contributed by atoms with Crippen LogP contribution in [0.25, 0.3) is 0 Å². The van der Waals surface area contributed by atoms with Gasteiger partial charge in [-0.2, -0.15) is 0 Å². The van der Waals surface area contributed by atoms with Crippen molar-refractivity contribution < 1.29 is 9.15 Å². The summed E-state index contributed by atoms with van der Waals surface area (Å²) < 4.78 is 10.8. The molecule has 1 saturated heterocycles. The molecule has 5 nitrogen and oxygen atoms in total. The maximum absolute atomic E-state index is 5.84. The van der Waals surface area contributed by atoms with Crippen LogP contribution in [0, 0.1) is 0 Å². The van der Waals surface area contributed by atoms with E-state index in [1.165, 1.54) is 0 Å². The maximum atomic E-state index is 5.84. The summed E-state index contributed by atoms with van der Waals surface area (Å²) in [7, 11) is 0. The van der Waals surface area contributed by atoms with E-state index >= 15 is 0 Å². The molecule has 3 atom stereocenters. The normalized spacial score (nSPS) is 27.7. The van der Waals surface area contributed by atoms with Crippen molar-refractivity contribution in [1.29, 1.82) is 0 Å². The Bertz CT molecular complexity index is 343. The van der Waals surface area contributed by atoms with Crippen LogP contribution in [0.5, 0.6) is 0 Å². The summed E-state index contributed by atoms with van der Waals surface area (Å²) in [6.07, 6.45) is 2.19. The van der Waals surface area contributed by atoms with Gasteiger partial charge in [0.05, 0.1) is 6.10 Å². The third-order valence-corrected chi connectivity index (χ3v) is 2.78. The Kier molecular flexibility index (Phi) is 3.66. The van der Waals surface area contributed by atoms with E-state index in [1.54, 1.807) is 6.92 Å². The summed E-state index contributed by atoms with van der Waals surface area (Å²) in [5.74, 6) is 0.448. The molecule has 1 fully saturated rings. The van der Waals surface area contributed by atoms with Gasteiger partial charge in [0.1, 0.15) is 5.38 Å². The fourth-order valence-electron chi connectivity index (χ4n) is 1.76. The summed E-state index contributed by atoms with van der Waals surface area (Å²) in [4.78, 5) is 0. The fourth-order valence-corrected chi connectivity index (χ4v) is 1.85. The molecular weight excluding hydrogens is 230 g/mol. The zero-order chi connectivity index (χ0) is 11.5. The SMILES string of the molecule is CC1CC(Nc2nnc(C(C)Cl)o2)CCO1. The summed E-state index contributed by atoms with van der Waals surface area (Å²) in [6.45, 7) is 4.63. The number of rotatable bonds is 3. The highest BCUT2D eigenvalue weighted by Gasteiger charge is 2.21. The van der Waals surface area contributed by atoms with Crippen molar-refractivity contribution in [3.05, 3.63) is 5.89 Å². The Hall–Kier alpha value is -0.810. The molecule has 16 heavy (non-hydrogen) atoms. The monoisotopic (exact) mass is 245 g/mol. The molecule has 1 aliphatic rings. The summed E-state index contributed by atoms with van der Waals surface area (Å²) in [5, 5.41) is 10.7. The van der Waals surface area contributed by atoms with Crippen LogP contribution >= 0.6 is 11.6 Å². The van der Waals surface area contributed by atoms with Crippen LogP contribution in [0.1, 0.15) is 38.0 Å². The minimum atomic E-state index is -0.253. The third kappa shape index (κ3) is 2.86. The molecular formula is C10H16ClN3O2. The lowest BCUT2D eigenvalue weighted by Gasteiger charge is -2.27. The summed E-state index contributed by atoms with van der Waals surface area (Å²) in [5.41, 5.74) is 0. The zero-order valence-electron chi connectivity index (χ0n) is 9.44. The van der Waals surface area contributed by atoms with Crippen molar-refractivity contribution in [3.63, 3.8) is 0 Å². The Morgan fingerprint density at radius 2 is 2.31 bits per heavy atom. The van der Waals surface area contributed by atoms with Crippen LogP contribution in [0.15, 0.2) is 4.42 Å². The second-order valence-corrected chi connectivity index (χ2v) is 4.76. The van der Waals surface area contributed by atoms with Gasteiger partial charge in [-0.3, -0.25) is 0 Å². The van der Waals surface area contributed by atoms with Gasteiger partial charge in [0.2, 0.25) is 5.89 Å². The number of hydrogen-bond donors (Lipinski definition) is 1. The Labute approximate surface area is 99.5 Å². The van der Waals surface area contributed by atoms with Crippen molar-refractivity contribution in [1.82, 2.24) is 10.2 Å². The van der Waals surface area contributed by atoms with Gasteiger partial charge in [0, 0.05) is 12.6 Å². The van der Waals surface area contributed by atoms with Gasteiger partial charge >= 0.3 is 6.01 Å². The lowest BCUT2D eigenvalue weighted by atomic mass is 10.1. The van der Waals surface area contributed by atoms with Gasteiger partial charge in [-0.05, 0) is 26.7 Å². The van der Waals surface area contributed by atoms with Crippen molar-refractivity contribution in [2.24, 2.45) is 0 Å². The van der Waals surface area contributed by atoms with E-state index in [-0.39, 0.29) is 11.5 Å². The van der Waals surface area contributed by atoms with Gasteiger partial charge in [0.15, 0.2) is 0 Å². The fraction of sp³-hybridized carbons (Fsp3) is 0.800.